The molecule has 0 radical (unpaired) electrons. The first-order valence-corrected chi connectivity index (χ1v) is 6.62. The quantitative estimate of drug-likeness (QED) is 0.815. The average Bonchev–Trinajstić information content (AvgIpc) is 2.80. The number of halogens is 1. The van der Waals surface area contributed by atoms with Crippen LogP contribution >= 0.6 is 11.6 Å². The maximum Gasteiger partial charge on any atom is 0.113 e. The molecule has 96 valence electrons. The van der Waals surface area contributed by atoms with Gasteiger partial charge in [0.05, 0.1) is 0 Å². The van der Waals surface area contributed by atoms with Crippen LogP contribution < -0.4 is 5.73 Å². The first-order valence-electron chi connectivity index (χ1n) is 6.24. The third-order valence-electron chi connectivity index (χ3n) is 2.93. The average molecular weight is 264 g/mol. The van der Waals surface area contributed by atoms with Crippen LogP contribution in [0.25, 0.3) is 0 Å². The van der Waals surface area contributed by atoms with Gasteiger partial charge >= 0.3 is 0 Å². The monoisotopic (exact) mass is 263 g/mol. The highest BCUT2D eigenvalue weighted by molar-refractivity contribution is 6.30. The smallest absolute Gasteiger partial charge is 0.113 e. The third-order valence-corrected chi connectivity index (χ3v) is 3.18. The van der Waals surface area contributed by atoms with Crippen LogP contribution in [0.3, 0.4) is 0 Å². The first-order chi connectivity index (χ1) is 8.79. The Balaban J connectivity index is 2.00. The first kappa shape index (κ1) is 13.1. The molecule has 1 aromatic carbocycles. The minimum atomic E-state index is 0.751. The molecule has 0 aliphatic rings. The molecule has 0 spiro atoms. The van der Waals surface area contributed by atoms with E-state index in [1.165, 1.54) is 5.56 Å². The lowest BCUT2D eigenvalue weighted by Gasteiger charge is -2.07. The second-order valence-corrected chi connectivity index (χ2v) is 4.77. The number of rotatable bonds is 6. The summed E-state index contributed by atoms with van der Waals surface area (Å²) < 4.78 is 2.20. The van der Waals surface area contributed by atoms with Crippen molar-refractivity contribution in [2.45, 2.75) is 25.8 Å². The van der Waals surface area contributed by atoms with Crippen molar-refractivity contribution in [2.24, 2.45) is 5.73 Å². The fourth-order valence-corrected chi connectivity index (χ4v) is 2.05. The minimum Gasteiger partial charge on any atom is -0.335 e. The molecule has 1 aromatic heterocycles. The summed E-state index contributed by atoms with van der Waals surface area (Å²) >= 11 is 5.88. The van der Waals surface area contributed by atoms with Gasteiger partial charge in [-0.2, -0.15) is 0 Å². The zero-order chi connectivity index (χ0) is 12.8. The van der Waals surface area contributed by atoms with E-state index in [0.29, 0.717) is 0 Å². The molecule has 0 fully saturated rings. The van der Waals surface area contributed by atoms with Gasteiger partial charge in [0, 0.05) is 30.4 Å². The lowest BCUT2D eigenvalue weighted by molar-refractivity contribution is 0.595. The van der Waals surface area contributed by atoms with Crippen molar-refractivity contribution in [3.63, 3.8) is 0 Å². The molecule has 0 saturated carbocycles. The van der Waals surface area contributed by atoms with Crippen LogP contribution in [0.15, 0.2) is 36.7 Å². The van der Waals surface area contributed by atoms with Crippen molar-refractivity contribution in [1.82, 2.24) is 9.55 Å². The molecule has 0 atom stereocenters. The van der Waals surface area contributed by atoms with E-state index in [2.05, 4.69) is 9.55 Å². The third kappa shape index (κ3) is 3.59. The predicted molar refractivity (Wildman–Crippen MR) is 74.8 cm³/mol. The van der Waals surface area contributed by atoms with Gasteiger partial charge in [-0.1, -0.05) is 23.7 Å². The molecule has 2 rings (SSSR count). The van der Waals surface area contributed by atoms with E-state index in [4.69, 9.17) is 17.3 Å². The van der Waals surface area contributed by atoms with E-state index in [1.807, 2.05) is 36.7 Å². The Morgan fingerprint density at radius 2 is 1.94 bits per heavy atom. The van der Waals surface area contributed by atoms with Crippen LogP contribution in [-0.4, -0.2) is 16.1 Å². The van der Waals surface area contributed by atoms with Gasteiger partial charge in [0.2, 0.25) is 0 Å². The van der Waals surface area contributed by atoms with Crippen molar-refractivity contribution in [3.05, 3.63) is 53.1 Å². The summed E-state index contributed by atoms with van der Waals surface area (Å²) in [6, 6.07) is 7.92. The number of unbranched alkanes of at least 4 members (excludes halogenated alkanes) is 1. The maximum absolute atomic E-state index is 5.88. The summed E-state index contributed by atoms with van der Waals surface area (Å²) in [4.78, 5) is 4.41. The molecule has 4 heteroatoms. The zero-order valence-corrected chi connectivity index (χ0v) is 11.1. The highest BCUT2D eigenvalue weighted by atomic mass is 35.5. The lowest BCUT2D eigenvalue weighted by Crippen LogP contribution is -2.06. The number of nitrogens with zero attached hydrogens (tertiary/aromatic N) is 2. The molecule has 1 heterocycles. The molecule has 3 nitrogen and oxygen atoms in total. The molecule has 0 saturated heterocycles. The second kappa shape index (κ2) is 6.57. The second-order valence-electron chi connectivity index (χ2n) is 4.34. The Kier molecular flexibility index (Phi) is 4.79. The Morgan fingerprint density at radius 3 is 2.67 bits per heavy atom. The number of benzene rings is 1. The molecule has 0 bridgehead atoms. The molecule has 0 aliphatic carbocycles. The highest BCUT2D eigenvalue weighted by Gasteiger charge is 2.04. The van der Waals surface area contributed by atoms with Crippen molar-refractivity contribution < 1.29 is 0 Å². The Morgan fingerprint density at radius 1 is 1.17 bits per heavy atom. The number of nitrogens with two attached hydrogens (primary N) is 1. The predicted octanol–water partition coefficient (Wildman–Crippen LogP) is 2.87. The van der Waals surface area contributed by atoms with Crippen molar-refractivity contribution in [3.8, 4) is 0 Å². The van der Waals surface area contributed by atoms with Gasteiger partial charge < -0.3 is 10.3 Å². The van der Waals surface area contributed by atoms with Crippen molar-refractivity contribution >= 4 is 11.6 Å². The summed E-state index contributed by atoms with van der Waals surface area (Å²) in [5.41, 5.74) is 6.73. The van der Waals surface area contributed by atoms with Gasteiger partial charge in [0.15, 0.2) is 0 Å². The van der Waals surface area contributed by atoms with Gasteiger partial charge in [-0.3, -0.25) is 0 Å². The van der Waals surface area contributed by atoms with E-state index in [0.717, 1.165) is 43.2 Å². The van der Waals surface area contributed by atoms with Crippen LogP contribution in [0, 0.1) is 0 Å². The number of aromatic nitrogens is 2. The summed E-state index contributed by atoms with van der Waals surface area (Å²) in [6.07, 6.45) is 6.88. The Labute approximate surface area is 113 Å². The Bertz CT molecular complexity index is 476. The molecule has 2 aromatic rings. The fraction of sp³-hybridized carbons (Fsp3) is 0.357. The summed E-state index contributed by atoms with van der Waals surface area (Å²) in [7, 11) is 0. The van der Waals surface area contributed by atoms with E-state index in [1.54, 1.807) is 0 Å². The normalized spacial score (nSPS) is 10.8. The van der Waals surface area contributed by atoms with Gasteiger partial charge in [-0.05, 0) is 37.1 Å². The molecule has 0 amide bonds. The van der Waals surface area contributed by atoms with Gasteiger partial charge in [0.1, 0.15) is 5.82 Å². The van der Waals surface area contributed by atoms with Crippen LogP contribution in [0.2, 0.25) is 5.02 Å². The van der Waals surface area contributed by atoms with E-state index >= 15 is 0 Å². The lowest BCUT2D eigenvalue weighted by atomic mass is 10.1. The zero-order valence-electron chi connectivity index (χ0n) is 10.3. The number of aryl methyl sites for hydroxylation is 1. The van der Waals surface area contributed by atoms with Gasteiger partial charge in [-0.15, -0.1) is 0 Å². The van der Waals surface area contributed by atoms with Crippen LogP contribution in [0.1, 0.15) is 24.2 Å². The molecular weight excluding hydrogens is 246 g/mol. The number of hydrogen-bond donors (Lipinski definition) is 1. The standard InChI is InChI=1S/C14H18ClN3/c15-13-5-3-12(4-6-13)11-14-17-8-10-18(14)9-2-1-7-16/h3-6,8,10H,1-2,7,9,11,16H2. The highest BCUT2D eigenvalue weighted by Crippen LogP contribution is 2.13. The molecule has 0 aliphatic heterocycles. The molecule has 0 unspecified atom stereocenters. The van der Waals surface area contributed by atoms with Crippen LogP contribution in [0.5, 0.6) is 0 Å². The maximum atomic E-state index is 5.88. The minimum absolute atomic E-state index is 0.751. The van der Waals surface area contributed by atoms with Crippen molar-refractivity contribution in [2.75, 3.05) is 6.54 Å². The summed E-state index contributed by atoms with van der Waals surface area (Å²) in [5, 5.41) is 0.769. The SMILES string of the molecule is NCCCCn1ccnc1Cc1ccc(Cl)cc1. The van der Waals surface area contributed by atoms with Crippen LogP contribution in [0.4, 0.5) is 0 Å². The summed E-state index contributed by atoms with van der Waals surface area (Å²) in [5.74, 6) is 1.09. The number of imidazole rings is 1. The van der Waals surface area contributed by atoms with Crippen LogP contribution in [-0.2, 0) is 13.0 Å². The molecule has 2 N–H and O–H groups in total. The van der Waals surface area contributed by atoms with Gasteiger partial charge in [0.25, 0.3) is 0 Å². The Hall–Kier alpha value is -1.32. The van der Waals surface area contributed by atoms with Gasteiger partial charge in [-0.25, -0.2) is 4.98 Å². The summed E-state index contributed by atoms with van der Waals surface area (Å²) in [6.45, 7) is 1.74. The van der Waals surface area contributed by atoms with Crippen molar-refractivity contribution in [1.29, 1.82) is 0 Å². The van der Waals surface area contributed by atoms with E-state index < -0.39 is 0 Å². The largest absolute Gasteiger partial charge is 0.335 e. The molecule has 18 heavy (non-hydrogen) atoms. The number of hydrogen-bond acceptors (Lipinski definition) is 2. The van der Waals surface area contributed by atoms with E-state index in [-0.39, 0.29) is 0 Å². The molecular formula is C14H18ClN3. The topological polar surface area (TPSA) is 43.8 Å². The van der Waals surface area contributed by atoms with E-state index in [9.17, 15) is 0 Å². The fourth-order valence-electron chi connectivity index (χ4n) is 1.92.